The lowest BCUT2D eigenvalue weighted by Gasteiger charge is -2.26. The van der Waals surface area contributed by atoms with Crippen molar-refractivity contribution in [3.8, 4) is 0 Å². The lowest BCUT2D eigenvalue weighted by molar-refractivity contribution is -0.870. The van der Waals surface area contributed by atoms with Gasteiger partial charge in [0.1, 0.15) is 13.2 Å². The number of allylic oxidation sites excluding steroid dienone is 6. The molecule has 0 amide bonds. The Balaban J connectivity index is 3.98. The van der Waals surface area contributed by atoms with E-state index in [-0.39, 0.29) is 32.2 Å². The number of unbranched alkanes of at least 4 members (excludes halogenated alkanes) is 41. The second-order valence-corrected chi connectivity index (χ2v) is 23.7. The molecule has 9 heteroatoms. The van der Waals surface area contributed by atoms with E-state index in [1.807, 2.05) is 21.1 Å². The highest BCUT2D eigenvalue weighted by Gasteiger charge is 2.22. The lowest BCUT2D eigenvalue weighted by Crippen LogP contribution is -2.44. The minimum atomic E-state index is -1.62. The third kappa shape index (κ3) is 61.0. The zero-order chi connectivity index (χ0) is 56.2. The van der Waals surface area contributed by atoms with Gasteiger partial charge in [-0.25, -0.2) is 0 Å². The Morgan fingerprint density at radius 3 is 1.10 bits per heavy atom. The van der Waals surface area contributed by atoms with Crippen LogP contribution in [0.2, 0.25) is 0 Å². The maximum atomic E-state index is 12.9. The summed E-state index contributed by atoms with van der Waals surface area (Å²) in [5.74, 6) is -2.28. The van der Waals surface area contributed by atoms with Gasteiger partial charge in [-0.3, -0.25) is 9.59 Å². The number of esters is 2. The summed E-state index contributed by atoms with van der Waals surface area (Å²) in [6, 6.07) is 0. The SMILES string of the molecule is CC/C=C\C/C=C\C/C=C\CCCCCCCCCC(=O)OC(COC(=O)CCCCCCCCCCCCCCCCCCCCCCCCCCCCCCCCCCCCC)COC(OCC[N+](C)(C)C)C(=O)[O-]. The lowest BCUT2D eigenvalue weighted by atomic mass is 10.0. The number of carbonyl (C=O) groups excluding carboxylic acids is 3. The number of aliphatic carboxylic acids is 1. The van der Waals surface area contributed by atoms with Gasteiger partial charge in [0.15, 0.2) is 12.4 Å². The standard InChI is InChI=1S/C68H127NO8/c1-6-8-10-12-14-16-18-20-22-24-25-26-27-28-29-30-31-32-33-34-35-36-37-38-39-40-41-43-44-46-48-50-52-54-56-58-65(70)75-62-64(63-76-68(67(72)73)74-61-60-69(3,4)5)77-66(71)59-57-55-53-51-49-47-45-42-23-21-19-17-15-13-11-9-7-2/h9,11,15,17,21,23,64,68H,6-8,10,12-14,16,18-20,22,24-63H2,1-5H3/b11-9-,17-15-,23-21-. The molecule has 0 spiro atoms. The first-order chi connectivity index (χ1) is 37.6. The molecule has 0 rings (SSSR count). The van der Waals surface area contributed by atoms with Crippen LogP contribution >= 0.6 is 0 Å². The van der Waals surface area contributed by atoms with Gasteiger partial charge in [0.25, 0.3) is 0 Å². The molecule has 0 saturated carbocycles. The molecule has 0 N–H and O–H groups in total. The van der Waals surface area contributed by atoms with E-state index in [0.29, 0.717) is 23.9 Å². The second kappa shape index (κ2) is 59.6. The largest absolute Gasteiger partial charge is 0.545 e. The van der Waals surface area contributed by atoms with Gasteiger partial charge in [0, 0.05) is 12.8 Å². The van der Waals surface area contributed by atoms with Crippen molar-refractivity contribution in [3.63, 3.8) is 0 Å². The summed E-state index contributed by atoms with van der Waals surface area (Å²) in [7, 11) is 5.93. The van der Waals surface area contributed by atoms with Crippen LogP contribution in [0.25, 0.3) is 0 Å². The molecule has 0 bridgehead atoms. The Hall–Kier alpha value is -2.49. The van der Waals surface area contributed by atoms with Crippen molar-refractivity contribution in [2.45, 2.75) is 334 Å². The highest BCUT2D eigenvalue weighted by molar-refractivity contribution is 5.70. The molecule has 77 heavy (non-hydrogen) atoms. The number of carboxylic acid groups (broad SMARTS) is 1. The fourth-order valence-electron chi connectivity index (χ4n) is 9.85. The molecular formula is C68H127NO8. The maximum absolute atomic E-state index is 12.9. The van der Waals surface area contributed by atoms with Crippen LogP contribution in [0, 0.1) is 0 Å². The van der Waals surface area contributed by atoms with Crippen molar-refractivity contribution in [3.05, 3.63) is 36.5 Å². The van der Waals surface area contributed by atoms with Gasteiger partial charge in [0.2, 0.25) is 0 Å². The minimum Gasteiger partial charge on any atom is -0.545 e. The van der Waals surface area contributed by atoms with Crippen LogP contribution in [-0.2, 0) is 33.3 Å². The van der Waals surface area contributed by atoms with Crippen molar-refractivity contribution in [1.29, 1.82) is 0 Å². The Bertz CT molecular complexity index is 1360. The summed E-state index contributed by atoms with van der Waals surface area (Å²) in [4.78, 5) is 37.3. The van der Waals surface area contributed by atoms with E-state index in [2.05, 4.69) is 50.3 Å². The number of nitrogens with zero attached hydrogens (tertiary/aromatic N) is 1. The van der Waals surface area contributed by atoms with Crippen molar-refractivity contribution >= 4 is 17.9 Å². The average molecular weight is 1090 g/mol. The van der Waals surface area contributed by atoms with Crippen LogP contribution in [0.1, 0.15) is 322 Å². The van der Waals surface area contributed by atoms with Gasteiger partial charge in [0.05, 0.1) is 40.3 Å². The molecule has 0 aromatic rings. The third-order valence-corrected chi connectivity index (χ3v) is 14.9. The van der Waals surface area contributed by atoms with E-state index in [0.717, 1.165) is 64.2 Å². The Kier molecular flexibility index (Phi) is 57.7. The fourth-order valence-corrected chi connectivity index (χ4v) is 9.85. The zero-order valence-electron chi connectivity index (χ0n) is 51.6. The molecule has 0 aliphatic rings. The number of rotatable bonds is 62. The molecular weight excluding hydrogens is 959 g/mol. The molecule has 0 aliphatic heterocycles. The van der Waals surface area contributed by atoms with Crippen molar-refractivity contribution in [2.75, 3.05) is 47.5 Å². The van der Waals surface area contributed by atoms with Crippen LogP contribution in [0.15, 0.2) is 36.5 Å². The number of carboxylic acids is 1. The van der Waals surface area contributed by atoms with Gasteiger partial charge in [-0.15, -0.1) is 0 Å². The van der Waals surface area contributed by atoms with Crippen LogP contribution in [0.4, 0.5) is 0 Å². The molecule has 2 atom stereocenters. The molecule has 0 radical (unpaired) electrons. The van der Waals surface area contributed by atoms with E-state index in [1.165, 1.54) is 225 Å². The molecule has 0 saturated heterocycles. The summed E-state index contributed by atoms with van der Waals surface area (Å²) < 4.78 is 22.7. The second-order valence-electron chi connectivity index (χ2n) is 23.7. The number of quaternary nitrogens is 1. The Labute approximate surface area is 477 Å². The van der Waals surface area contributed by atoms with E-state index < -0.39 is 24.3 Å². The Morgan fingerprint density at radius 2 is 0.740 bits per heavy atom. The quantitative estimate of drug-likeness (QED) is 0.0195. The zero-order valence-corrected chi connectivity index (χ0v) is 51.6. The average Bonchev–Trinajstić information content (AvgIpc) is 3.40. The number of hydrogen-bond donors (Lipinski definition) is 0. The van der Waals surface area contributed by atoms with Gasteiger partial charge in [-0.05, 0) is 44.9 Å². The highest BCUT2D eigenvalue weighted by Crippen LogP contribution is 2.18. The van der Waals surface area contributed by atoms with Crippen molar-refractivity contribution < 1.29 is 42.9 Å². The normalized spacial score (nSPS) is 12.9. The predicted octanol–water partition coefficient (Wildman–Crippen LogP) is 18.7. The van der Waals surface area contributed by atoms with E-state index in [9.17, 15) is 19.5 Å². The Morgan fingerprint density at radius 1 is 0.403 bits per heavy atom. The third-order valence-electron chi connectivity index (χ3n) is 14.9. The molecule has 0 aromatic carbocycles. The molecule has 0 aliphatic carbocycles. The van der Waals surface area contributed by atoms with Crippen molar-refractivity contribution in [1.82, 2.24) is 0 Å². The first kappa shape index (κ1) is 74.5. The van der Waals surface area contributed by atoms with Crippen LogP contribution < -0.4 is 5.11 Å². The van der Waals surface area contributed by atoms with Crippen LogP contribution in [0.5, 0.6) is 0 Å². The monoisotopic (exact) mass is 1090 g/mol. The number of hydrogen-bond acceptors (Lipinski definition) is 8. The molecule has 0 heterocycles. The van der Waals surface area contributed by atoms with Gasteiger partial charge in [-0.2, -0.15) is 0 Å². The first-order valence-corrected chi connectivity index (χ1v) is 33.1. The van der Waals surface area contributed by atoms with Crippen molar-refractivity contribution in [2.24, 2.45) is 0 Å². The van der Waals surface area contributed by atoms with E-state index in [4.69, 9.17) is 18.9 Å². The summed E-state index contributed by atoms with van der Waals surface area (Å²) in [5, 5.41) is 11.8. The fraction of sp³-hybridized carbons (Fsp3) is 0.868. The van der Waals surface area contributed by atoms with E-state index in [1.54, 1.807) is 0 Å². The molecule has 2 unspecified atom stereocenters. The van der Waals surface area contributed by atoms with Gasteiger partial charge < -0.3 is 33.3 Å². The number of likely N-dealkylation sites (N-methyl/N-ethyl adjacent to an activating group) is 1. The molecule has 9 nitrogen and oxygen atoms in total. The maximum Gasteiger partial charge on any atom is 0.306 e. The van der Waals surface area contributed by atoms with Crippen LogP contribution in [0.3, 0.4) is 0 Å². The molecule has 0 fully saturated rings. The van der Waals surface area contributed by atoms with E-state index >= 15 is 0 Å². The number of carbonyl (C=O) groups is 3. The highest BCUT2D eigenvalue weighted by atomic mass is 16.7. The summed E-state index contributed by atoms with van der Waals surface area (Å²) in [6.07, 6.45) is 71.0. The summed E-state index contributed by atoms with van der Waals surface area (Å²) >= 11 is 0. The minimum absolute atomic E-state index is 0.147. The first-order valence-electron chi connectivity index (χ1n) is 33.1. The number of ether oxygens (including phenoxy) is 4. The van der Waals surface area contributed by atoms with Gasteiger partial charge >= 0.3 is 11.9 Å². The smallest absolute Gasteiger partial charge is 0.306 e. The summed E-state index contributed by atoms with van der Waals surface area (Å²) in [5.41, 5.74) is 0. The summed E-state index contributed by atoms with van der Waals surface area (Å²) in [6.45, 7) is 4.67. The topological polar surface area (TPSA) is 111 Å². The van der Waals surface area contributed by atoms with Crippen LogP contribution in [-0.4, -0.2) is 82.3 Å². The molecule has 452 valence electrons. The van der Waals surface area contributed by atoms with Gasteiger partial charge in [-0.1, -0.05) is 301 Å². The molecule has 0 aromatic heterocycles. The predicted molar refractivity (Wildman–Crippen MR) is 325 cm³/mol.